The van der Waals surface area contributed by atoms with Gasteiger partial charge in [-0.2, -0.15) is 0 Å². The number of rotatable bonds is 4. The standard InChI is InChI=1S/C22H29N3O5.C6H6/c1-6-29-20(27)18-13-14-12-15(9-10-16(14)24(18)5)23-19(26)17-8-7-11-25(17)21(28)30-22(2,3)4;1-2-4-6-5-3-1/h9-10,12-13,17H,6-8,11H2,1-5H3,(H,23,26);1-6H. The fourth-order valence-electron chi connectivity index (χ4n) is 4.02. The number of fused-ring (bicyclic) bond motifs is 1. The predicted octanol–water partition coefficient (Wildman–Crippen LogP) is 5.38. The zero-order valence-electron chi connectivity index (χ0n) is 21.6. The Hall–Kier alpha value is -3.81. The number of esters is 1. The van der Waals surface area contributed by atoms with E-state index >= 15 is 0 Å². The molecule has 1 unspecified atom stereocenters. The Balaban J connectivity index is 0.000000526. The van der Waals surface area contributed by atoms with Crippen molar-refractivity contribution in [3.63, 3.8) is 0 Å². The number of aromatic nitrogens is 1. The Bertz CT molecular complexity index is 1170. The summed E-state index contributed by atoms with van der Waals surface area (Å²) in [7, 11) is 1.80. The first-order valence-electron chi connectivity index (χ1n) is 12.2. The Labute approximate surface area is 212 Å². The topological polar surface area (TPSA) is 89.9 Å². The van der Waals surface area contributed by atoms with Crippen LogP contribution >= 0.6 is 0 Å². The number of hydrogen-bond acceptors (Lipinski definition) is 5. The number of nitrogens with one attached hydrogen (secondary N) is 1. The lowest BCUT2D eigenvalue weighted by atomic mass is 10.2. The maximum atomic E-state index is 12.9. The summed E-state index contributed by atoms with van der Waals surface area (Å²) in [6, 6.07) is 18.6. The van der Waals surface area contributed by atoms with Crippen LogP contribution in [0.4, 0.5) is 10.5 Å². The molecule has 0 bridgehead atoms. The third-order valence-electron chi connectivity index (χ3n) is 5.64. The molecule has 2 aromatic carbocycles. The summed E-state index contributed by atoms with van der Waals surface area (Å²) in [5.74, 6) is -0.639. The normalized spacial score (nSPS) is 15.1. The number of hydrogen-bond donors (Lipinski definition) is 1. The second-order valence-corrected chi connectivity index (χ2v) is 9.56. The number of benzene rings is 2. The van der Waals surface area contributed by atoms with Crippen LogP contribution in [0, 0.1) is 0 Å². The number of ether oxygens (including phenoxy) is 2. The highest BCUT2D eigenvalue weighted by Crippen LogP contribution is 2.25. The maximum absolute atomic E-state index is 12.9. The van der Waals surface area contributed by atoms with E-state index in [2.05, 4.69) is 5.32 Å². The molecular weight excluding hydrogens is 458 g/mol. The molecular formula is C28H35N3O5. The van der Waals surface area contributed by atoms with Gasteiger partial charge in [0.2, 0.25) is 5.91 Å². The van der Waals surface area contributed by atoms with E-state index in [4.69, 9.17) is 9.47 Å². The third-order valence-corrected chi connectivity index (χ3v) is 5.64. The van der Waals surface area contributed by atoms with Crippen molar-refractivity contribution in [2.45, 2.75) is 52.2 Å². The highest BCUT2D eigenvalue weighted by Gasteiger charge is 2.36. The molecule has 1 aliphatic heterocycles. The molecule has 0 aliphatic carbocycles. The molecule has 4 rings (SSSR count). The van der Waals surface area contributed by atoms with Crippen molar-refractivity contribution in [3.05, 3.63) is 66.4 Å². The molecule has 1 saturated heterocycles. The largest absolute Gasteiger partial charge is 0.461 e. The van der Waals surface area contributed by atoms with Crippen LogP contribution in [0.25, 0.3) is 10.9 Å². The summed E-state index contributed by atoms with van der Waals surface area (Å²) < 4.78 is 12.3. The number of carbonyl (C=O) groups is 3. The van der Waals surface area contributed by atoms with E-state index in [1.807, 2.05) is 48.5 Å². The summed E-state index contributed by atoms with van der Waals surface area (Å²) in [4.78, 5) is 38.9. The van der Waals surface area contributed by atoms with Crippen molar-refractivity contribution in [2.75, 3.05) is 18.5 Å². The number of aryl methyl sites for hydroxylation is 1. The molecule has 0 radical (unpaired) electrons. The minimum atomic E-state index is -0.615. The van der Waals surface area contributed by atoms with Crippen molar-refractivity contribution < 1.29 is 23.9 Å². The lowest BCUT2D eigenvalue weighted by molar-refractivity contribution is -0.120. The van der Waals surface area contributed by atoms with Crippen molar-refractivity contribution in [2.24, 2.45) is 7.05 Å². The minimum absolute atomic E-state index is 0.251. The van der Waals surface area contributed by atoms with Gasteiger partial charge in [-0.3, -0.25) is 9.69 Å². The number of carbonyl (C=O) groups excluding carboxylic acids is 3. The molecule has 2 amide bonds. The second-order valence-electron chi connectivity index (χ2n) is 9.56. The van der Waals surface area contributed by atoms with E-state index in [1.165, 1.54) is 4.90 Å². The van der Waals surface area contributed by atoms with Crippen LogP contribution in [0.2, 0.25) is 0 Å². The van der Waals surface area contributed by atoms with Gasteiger partial charge in [-0.25, -0.2) is 9.59 Å². The summed E-state index contributed by atoms with van der Waals surface area (Å²) in [5.41, 5.74) is 1.29. The summed E-state index contributed by atoms with van der Waals surface area (Å²) in [6.45, 7) is 7.96. The fourth-order valence-corrected chi connectivity index (χ4v) is 4.02. The zero-order valence-corrected chi connectivity index (χ0v) is 21.6. The van der Waals surface area contributed by atoms with Gasteiger partial charge in [0.15, 0.2) is 0 Å². The third kappa shape index (κ3) is 6.87. The molecule has 1 aromatic heterocycles. The van der Waals surface area contributed by atoms with Gasteiger partial charge < -0.3 is 19.4 Å². The SMILES string of the molecule is CCOC(=O)c1cc2cc(NC(=O)C3CCCN3C(=O)OC(C)(C)C)ccc2n1C.c1ccccc1. The quantitative estimate of drug-likeness (QED) is 0.493. The highest BCUT2D eigenvalue weighted by atomic mass is 16.6. The van der Waals surface area contributed by atoms with Gasteiger partial charge in [-0.1, -0.05) is 36.4 Å². The van der Waals surface area contributed by atoms with E-state index in [9.17, 15) is 14.4 Å². The molecule has 1 atom stereocenters. The van der Waals surface area contributed by atoms with Crippen LogP contribution in [0.15, 0.2) is 60.7 Å². The van der Waals surface area contributed by atoms with E-state index in [1.54, 1.807) is 51.4 Å². The average Bonchev–Trinajstić information content (AvgIpc) is 3.45. The Morgan fingerprint density at radius 1 is 1.03 bits per heavy atom. The first-order valence-corrected chi connectivity index (χ1v) is 12.2. The number of nitrogens with zero attached hydrogens (tertiary/aromatic N) is 2. The van der Waals surface area contributed by atoms with Crippen LogP contribution in [0.1, 0.15) is 51.0 Å². The van der Waals surface area contributed by atoms with E-state index in [-0.39, 0.29) is 11.9 Å². The monoisotopic (exact) mass is 493 g/mol. The molecule has 36 heavy (non-hydrogen) atoms. The zero-order chi connectivity index (χ0) is 26.3. The molecule has 8 nitrogen and oxygen atoms in total. The molecule has 1 fully saturated rings. The molecule has 192 valence electrons. The molecule has 0 spiro atoms. The van der Waals surface area contributed by atoms with Gasteiger partial charge in [0.25, 0.3) is 0 Å². The lowest BCUT2D eigenvalue weighted by Gasteiger charge is -2.28. The highest BCUT2D eigenvalue weighted by molar-refractivity contribution is 6.00. The van der Waals surface area contributed by atoms with Gasteiger partial charge in [-0.05, 0) is 64.8 Å². The van der Waals surface area contributed by atoms with E-state index < -0.39 is 17.7 Å². The van der Waals surface area contributed by atoms with Crippen LogP contribution in [-0.4, -0.2) is 52.2 Å². The molecule has 8 heteroatoms. The van der Waals surface area contributed by atoms with Gasteiger partial charge in [0, 0.05) is 30.2 Å². The lowest BCUT2D eigenvalue weighted by Crippen LogP contribution is -2.45. The van der Waals surface area contributed by atoms with Gasteiger partial charge in [0.1, 0.15) is 17.3 Å². The summed E-state index contributed by atoms with van der Waals surface area (Å²) in [5, 5.41) is 3.71. The van der Waals surface area contributed by atoms with Crippen molar-refractivity contribution >= 4 is 34.6 Å². The number of amides is 2. The fraction of sp³-hybridized carbons (Fsp3) is 0.393. The van der Waals surface area contributed by atoms with Crippen LogP contribution in [0.5, 0.6) is 0 Å². The molecule has 1 aliphatic rings. The second kappa shape index (κ2) is 11.7. The van der Waals surface area contributed by atoms with Gasteiger partial charge in [0.05, 0.1) is 6.61 Å². The Morgan fingerprint density at radius 2 is 1.67 bits per heavy atom. The van der Waals surface area contributed by atoms with E-state index in [0.717, 1.165) is 17.3 Å². The van der Waals surface area contributed by atoms with Crippen LogP contribution < -0.4 is 5.32 Å². The number of likely N-dealkylation sites (tertiary alicyclic amines) is 1. The van der Waals surface area contributed by atoms with E-state index in [0.29, 0.717) is 31.0 Å². The van der Waals surface area contributed by atoms with Crippen molar-refractivity contribution in [1.29, 1.82) is 0 Å². The summed E-state index contributed by atoms with van der Waals surface area (Å²) >= 11 is 0. The summed E-state index contributed by atoms with van der Waals surface area (Å²) in [6.07, 6.45) is 0.863. The molecule has 2 heterocycles. The average molecular weight is 494 g/mol. The van der Waals surface area contributed by atoms with Crippen molar-refractivity contribution in [1.82, 2.24) is 9.47 Å². The first-order chi connectivity index (χ1) is 17.1. The number of anilines is 1. The van der Waals surface area contributed by atoms with Crippen LogP contribution in [-0.2, 0) is 21.3 Å². The Kier molecular flexibility index (Phi) is 8.74. The minimum Gasteiger partial charge on any atom is -0.461 e. The molecule has 3 aromatic rings. The molecule has 0 saturated carbocycles. The van der Waals surface area contributed by atoms with Gasteiger partial charge in [-0.15, -0.1) is 0 Å². The first kappa shape index (κ1) is 26.8. The molecule has 1 N–H and O–H groups in total. The maximum Gasteiger partial charge on any atom is 0.410 e. The predicted molar refractivity (Wildman–Crippen MR) is 140 cm³/mol. The van der Waals surface area contributed by atoms with Crippen molar-refractivity contribution in [3.8, 4) is 0 Å². The van der Waals surface area contributed by atoms with Crippen LogP contribution in [0.3, 0.4) is 0 Å². The van der Waals surface area contributed by atoms with Gasteiger partial charge >= 0.3 is 12.1 Å². The smallest absolute Gasteiger partial charge is 0.410 e. The Morgan fingerprint density at radius 3 is 2.25 bits per heavy atom.